The standard InChI is InChI=1S/C16H16BrFN2O/c1-16(15(19)21,10-11-5-7-13(18)8-6-11)20-14-4-2-3-12(17)9-14/h2-9,20H,10H2,1H3,(H2,19,21). The smallest absolute Gasteiger partial charge is 0.243 e. The van der Waals surface area contributed by atoms with Gasteiger partial charge in [0.05, 0.1) is 0 Å². The molecule has 110 valence electrons. The molecule has 0 spiro atoms. The van der Waals surface area contributed by atoms with E-state index in [2.05, 4.69) is 21.2 Å². The molecule has 0 bridgehead atoms. The number of benzene rings is 2. The number of hydrogen-bond donors (Lipinski definition) is 2. The number of nitrogens with two attached hydrogens (primary N) is 1. The molecule has 0 saturated carbocycles. The fourth-order valence-corrected chi connectivity index (χ4v) is 2.49. The summed E-state index contributed by atoms with van der Waals surface area (Å²) >= 11 is 3.38. The van der Waals surface area contributed by atoms with Crippen LogP contribution in [0.4, 0.5) is 10.1 Å². The zero-order chi connectivity index (χ0) is 15.5. The van der Waals surface area contributed by atoms with E-state index in [-0.39, 0.29) is 5.82 Å². The van der Waals surface area contributed by atoms with Crippen molar-refractivity contribution in [3.8, 4) is 0 Å². The number of carbonyl (C=O) groups is 1. The maximum atomic E-state index is 13.0. The van der Waals surface area contributed by atoms with Crippen LogP contribution in [-0.2, 0) is 11.2 Å². The lowest BCUT2D eigenvalue weighted by molar-refractivity contribution is -0.121. The van der Waals surface area contributed by atoms with E-state index in [1.807, 2.05) is 24.3 Å². The van der Waals surface area contributed by atoms with E-state index in [1.54, 1.807) is 19.1 Å². The second-order valence-electron chi connectivity index (χ2n) is 5.13. The van der Waals surface area contributed by atoms with E-state index >= 15 is 0 Å². The Kier molecular flexibility index (Phi) is 4.63. The quantitative estimate of drug-likeness (QED) is 0.867. The number of carbonyl (C=O) groups excluding carboxylic acids is 1. The second kappa shape index (κ2) is 6.26. The van der Waals surface area contributed by atoms with Gasteiger partial charge in [-0.2, -0.15) is 0 Å². The SMILES string of the molecule is CC(Cc1ccc(F)cc1)(Nc1cccc(Br)c1)C(N)=O. The first-order chi connectivity index (χ1) is 9.89. The lowest BCUT2D eigenvalue weighted by Gasteiger charge is -2.29. The van der Waals surface area contributed by atoms with Gasteiger partial charge in [-0.25, -0.2) is 4.39 Å². The predicted molar refractivity (Wildman–Crippen MR) is 85.5 cm³/mol. The highest BCUT2D eigenvalue weighted by atomic mass is 79.9. The third kappa shape index (κ3) is 4.04. The van der Waals surface area contributed by atoms with Gasteiger partial charge in [0.15, 0.2) is 0 Å². The minimum Gasteiger partial charge on any atom is -0.371 e. The highest BCUT2D eigenvalue weighted by Gasteiger charge is 2.31. The molecular formula is C16H16BrFN2O. The van der Waals surface area contributed by atoms with Crippen molar-refractivity contribution in [1.82, 2.24) is 0 Å². The molecule has 0 heterocycles. The molecule has 0 aliphatic carbocycles. The van der Waals surface area contributed by atoms with Crippen molar-refractivity contribution in [2.24, 2.45) is 5.73 Å². The van der Waals surface area contributed by atoms with Crippen molar-refractivity contribution in [2.75, 3.05) is 5.32 Å². The summed E-state index contributed by atoms with van der Waals surface area (Å²) in [6.07, 6.45) is 0.370. The molecule has 0 aliphatic heterocycles. The molecule has 2 rings (SSSR count). The van der Waals surface area contributed by atoms with Gasteiger partial charge in [-0.1, -0.05) is 34.1 Å². The summed E-state index contributed by atoms with van der Waals surface area (Å²) in [7, 11) is 0. The highest BCUT2D eigenvalue weighted by Crippen LogP contribution is 2.22. The van der Waals surface area contributed by atoms with Crippen molar-refractivity contribution in [3.63, 3.8) is 0 Å². The number of rotatable bonds is 5. The summed E-state index contributed by atoms with van der Waals surface area (Å²) in [5.74, 6) is -0.772. The Morgan fingerprint density at radius 3 is 2.52 bits per heavy atom. The Hall–Kier alpha value is -1.88. The fourth-order valence-electron chi connectivity index (χ4n) is 2.09. The third-order valence-electron chi connectivity index (χ3n) is 3.26. The molecule has 0 fully saturated rings. The molecule has 3 nitrogen and oxygen atoms in total. The largest absolute Gasteiger partial charge is 0.371 e. The van der Waals surface area contributed by atoms with Crippen LogP contribution < -0.4 is 11.1 Å². The van der Waals surface area contributed by atoms with Crippen molar-refractivity contribution < 1.29 is 9.18 Å². The van der Waals surface area contributed by atoms with Gasteiger partial charge >= 0.3 is 0 Å². The summed E-state index contributed by atoms with van der Waals surface area (Å²) in [5.41, 5.74) is 6.21. The second-order valence-corrected chi connectivity index (χ2v) is 6.05. The summed E-state index contributed by atoms with van der Waals surface area (Å²) in [6.45, 7) is 1.74. The van der Waals surface area contributed by atoms with Crippen molar-refractivity contribution in [2.45, 2.75) is 18.9 Å². The van der Waals surface area contributed by atoms with Gasteiger partial charge in [-0.3, -0.25) is 4.79 Å². The van der Waals surface area contributed by atoms with Gasteiger partial charge < -0.3 is 11.1 Å². The summed E-state index contributed by atoms with van der Waals surface area (Å²) in [4.78, 5) is 11.9. The molecule has 0 aliphatic rings. The van der Waals surface area contributed by atoms with Crippen LogP contribution in [0.15, 0.2) is 53.0 Å². The average molecular weight is 351 g/mol. The van der Waals surface area contributed by atoms with Gasteiger partial charge in [0.25, 0.3) is 0 Å². The average Bonchev–Trinajstić information content (AvgIpc) is 2.41. The number of anilines is 1. The van der Waals surface area contributed by atoms with E-state index < -0.39 is 11.4 Å². The first-order valence-electron chi connectivity index (χ1n) is 6.47. The van der Waals surface area contributed by atoms with E-state index in [9.17, 15) is 9.18 Å². The molecule has 3 N–H and O–H groups in total. The van der Waals surface area contributed by atoms with Crippen LogP contribution >= 0.6 is 15.9 Å². The van der Waals surface area contributed by atoms with Crippen LogP contribution in [0.5, 0.6) is 0 Å². The van der Waals surface area contributed by atoms with Crippen LogP contribution in [0.25, 0.3) is 0 Å². The summed E-state index contributed by atoms with van der Waals surface area (Å²) in [5, 5.41) is 3.16. The topological polar surface area (TPSA) is 55.1 Å². The molecule has 5 heteroatoms. The molecule has 0 aromatic heterocycles. The van der Waals surface area contributed by atoms with Crippen LogP contribution in [-0.4, -0.2) is 11.4 Å². The van der Waals surface area contributed by atoms with Crippen LogP contribution in [0, 0.1) is 5.82 Å². The van der Waals surface area contributed by atoms with Crippen LogP contribution in [0.3, 0.4) is 0 Å². The van der Waals surface area contributed by atoms with Crippen molar-refractivity contribution in [1.29, 1.82) is 0 Å². The molecular weight excluding hydrogens is 335 g/mol. The molecule has 1 atom stereocenters. The summed E-state index contributed by atoms with van der Waals surface area (Å²) in [6, 6.07) is 13.5. The first-order valence-corrected chi connectivity index (χ1v) is 7.26. The van der Waals surface area contributed by atoms with Gasteiger partial charge in [0.2, 0.25) is 5.91 Å². The number of primary amides is 1. The molecule has 21 heavy (non-hydrogen) atoms. The molecule has 2 aromatic rings. The van der Waals surface area contributed by atoms with Crippen LogP contribution in [0.2, 0.25) is 0 Å². The van der Waals surface area contributed by atoms with E-state index in [0.29, 0.717) is 6.42 Å². The van der Waals surface area contributed by atoms with Gasteiger partial charge in [-0.05, 0) is 42.8 Å². The maximum Gasteiger partial charge on any atom is 0.243 e. The molecule has 0 saturated heterocycles. The Morgan fingerprint density at radius 2 is 1.95 bits per heavy atom. The minimum atomic E-state index is -0.960. The van der Waals surface area contributed by atoms with Gasteiger partial charge in [-0.15, -0.1) is 0 Å². The monoisotopic (exact) mass is 350 g/mol. The Morgan fingerprint density at radius 1 is 1.29 bits per heavy atom. The zero-order valence-electron chi connectivity index (χ0n) is 11.6. The number of amides is 1. The molecule has 1 unspecified atom stereocenters. The molecule has 2 aromatic carbocycles. The number of nitrogens with one attached hydrogen (secondary N) is 1. The Labute approximate surface area is 131 Å². The Balaban J connectivity index is 2.23. The van der Waals surface area contributed by atoms with E-state index in [4.69, 9.17) is 5.73 Å². The zero-order valence-corrected chi connectivity index (χ0v) is 13.2. The minimum absolute atomic E-state index is 0.306. The third-order valence-corrected chi connectivity index (χ3v) is 3.75. The van der Waals surface area contributed by atoms with Crippen molar-refractivity contribution in [3.05, 3.63) is 64.4 Å². The maximum absolute atomic E-state index is 13.0. The van der Waals surface area contributed by atoms with E-state index in [0.717, 1.165) is 15.7 Å². The fraction of sp³-hybridized carbons (Fsp3) is 0.188. The van der Waals surface area contributed by atoms with Crippen LogP contribution in [0.1, 0.15) is 12.5 Å². The lowest BCUT2D eigenvalue weighted by Crippen LogP contribution is -2.49. The van der Waals surface area contributed by atoms with Gasteiger partial charge in [0, 0.05) is 16.6 Å². The highest BCUT2D eigenvalue weighted by molar-refractivity contribution is 9.10. The predicted octanol–water partition coefficient (Wildman–Crippen LogP) is 3.49. The van der Waals surface area contributed by atoms with Crippen molar-refractivity contribution >= 4 is 27.5 Å². The lowest BCUT2D eigenvalue weighted by atomic mass is 9.91. The number of halogens is 2. The number of hydrogen-bond acceptors (Lipinski definition) is 2. The normalized spacial score (nSPS) is 13.5. The molecule has 1 amide bonds. The van der Waals surface area contributed by atoms with E-state index in [1.165, 1.54) is 12.1 Å². The van der Waals surface area contributed by atoms with Gasteiger partial charge in [0.1, 0.15) is 11.4 Å². The molecule has 0 radical (unpaired) electrons. The summed E-state index contributed by atoms with van der Waals surface area (Å²) < 4.78 is 13.9. The first kappa shape index (κ1) is 15.5. The Bertz CT molecular complexity index is 645.